The van der Waals surface area contributed by atoms with Gasteiger partial charge in [0.1, 0.15) is 0 Å². The zero-order chi connectivity index (χ0) is 18.6. The van der Waals surface area contributed by atoms with Gasteiger partial charge in [-0.15, -0.1) is 0 Å². The molecule has 0 atom stereocenters. The van der Waals surface area contributed by atoms with Gasteiger partial charge in [0.15, 0.2) is 0 Å². The van der Waals surface area contributed by atoms with Gasteiger partial charge in [-0.1, -0.05) is 0 Å². The van der Waals surface area contributed by atoms with E-state index in [1.54, 1.807) is 30.0 Å². The first kappa shape index (κ1) is 18.7. The number of amides is 1. The number of rotatable bonds is 5. The lowest BCUT2D eigenvalue weighted by atomic mass is 10.1. The van der Waals surface area contributed by atoms with Gasteiger partial charge in [0.05, 0.1) is 24.1 Å². The molecule has 0 unspecified atom stereocenters. The molecule has 1 fully saturated rings. The minimum absolute atomic E-state index is 0.113. The van der Waals surface area contributed by atoms with Crippen LogP contribution in [-0.4, -0.2) is 80.5 Å². The molecule has 1 heterocycles. The number of nitro groups is 1. The van der Waals surface area contributed by atoms with Crippen LogP contribution in [0.25, 0.3) is 0 Å². The van der Waals surface area contributed by atoms with Gasteiger partial charge in [0, 0.05) is 58.1 Å². The highest BCUT2D eigenvalue weighted by Gasteiger charge is 2.26. The molecule has 0 N–H and O–H groups in total. The lowest BCUT2D eigenvalue weighted by Crippen LogP contribution is -2.50. The van der Waals surface area contributed by atoms with Crippen molar-refractivity contribution < 1.29 is 19.2 Å². The normalized spacial score (nSPS) is 14.9. The molecule has 0 saturated carbocycles. The van der Waals surface area contributed by atoms with Crippen LogP contribution in [0.2, 0.25) is 0 Å². The quantitative estimate of drug-likeness (QED) is 0.436. The molecule has 0 bridgehead atoms. The number of hydrogen-bond donors (Lipinski definition) is 0. The van der Waals surface area contributed by atoms with E-state index >= 15 is 0 Å². The first-order valence-corrected chi connectivity index (χ1v) is 7.87. The van der Waals surface area contributed by atoms with Crippen molar-refractivity contribution in [3.63, 3.8) is 0 Å². The summed E-state index contributed by atoms with van der Waals surface area (Å²) in [4.78, 5) is 40.0. The molecule has 1 saturated heterocycles. The fraction of sp³-hybridized carbons (Fsp3) is 0.500. The van der Waals surface area contributed by atoms with Gasteiger partial charge in [-0.25, -0.2) is 0 Å². The Morgan fingerprint density at radius 2 is 1.88 bits per heavy atom. The van der Waals surface area contributed by atoms with Crippen LogP contribution < -0.4 is 4.90 Å². The van der Waals surface area contributed by atoms with Crippen molar-refractivity contribution in [2.24, 2.45) is 0 Å². The fourth-order valence-electron chi connectivity index (χ4n) is 2.73. The van der Waals surface area contributed by atoms with Crippen molar-refractivity contribution in [2.45, 2.75) is 0 Å². The highest BCUT2D eigenvalue weighted by molar-refractivity contribution is 6.00. The summed E-state index contributed by atoms with van der Waals surface area (Å²) in [6.45, 7) is 2.19. The van der Waals surface area contributed by atoms with E-state index in [2.05, 4.69) is 4.74 Å². The number of benzene rings is 1. The van der Waals surface area contributed by atoms with E-state index in [9.17, 15) is 19.7 Å². The number of non-ortho nitro benzene ring substituents is 1. The van der Waals surface area contributed by atoms with E-state index in [-0.39, 0.29) is 24.1 Å². The molecule has 2 rings (SSSR count). The maximum atomic E-state index is 12.9. The van der Waals surface area contributed by atoms with Gasteiger partial charge in [0.2, 0.25) is 0 Å². The van der Waals surface area contributed by atoms with Gasteiger partial charge >= 0.3 is 5.97 Å². The second-order valence-electron chi connectivity index (χ2n) is 6.00. The predicted octanol–water partition coefficient (Wildman–Crippen LogP) is 0.592. The average molecular weight is 350 g/mol. The molecular weight excluding hydrogens is 328 g/mol. The van der Waals surface area contributed by atoms with Crippen LogP contribution in [0.15, 0.2) is 18.2 Å². The summed E-state index contributed by atoms with van der Waals surface area (Å²) < 4.78 is 4.64. The molecule has 1 aliphatic heterocycles. The molecule has 136 valence electrons. The number of nitro benzene ring substituents is 1. The zero-order valence-corrected chi connectivity index (χ0v) is 14.6. The molecule has 9 heteroatoms. The Morgan fingerprint density at radius 3 is 2.40 bits per heavy atom. The summed E-state index contributed by atoms with van der Waals surface area (Å²) in [5.41, 5.74) is 0.825. The highest BCUT2D eigenvalue weighted by Crippen LogP contribution is 2.26. The molecule has 25 heavy (non-hydrogen) atoms. The third-order valence-electron chi connectivity index (χ3n) is 4.14. The number of carbonyl (C=O) groups is 2. The van der Waals surface area contributed by atoms with Gasteiger partial charge in [-0.3, -0.25) is 24.6 Å². The van der Waals surface area contributed by atoms with E-state index in [0.717, 1.165) is 0 Å². The third kappa shape index (κ3) is 4.44. The molecule has 0 radical (unpaired) electrons. The number of piperazine rings is 1. The Balaban J connectivity index is 2.14. The third-order valence-corrected chi connectivity index (χ3v) is 4.14. The summed E-state index contributed by atoms with van der Waals surface area (Å²) in [6, 6.07) is 4.29. The van der Waals surface area contributed by atoms with Crippen molar-refractivity contribution in [3.8, 4) is 0 Å². The Hall–Kier alpha value is -2.68. The van der Waals surface area contributed by atoms with Crippen LogP contribution in [0.3, 0.4) is 0 Å². The molecule has 0 spiro atoms. The van der Waals surface area contributed by atoms with Crippen LogP contribution in [0, 0.1) is 10.1 Å². The van der Waals surface area contributed by atoms with Crippen molar-refractivity contribution in [1.29, 1.82) is 0 Å². The average Bonchev–Trinajstić information content (AvgIpc) is 2.60. The van der Waals surface area contributed by atoms with Crippen molar-refractivity contribution in [3.05, 3.63) is 33.9 Å². The van der Waals surface area contributed by atoms with E-state index in [4.69, 9.17) is 0 Å². The Morgan fingerprint density at radius 1 is 1.24 bits per heavy atom. The molecule has 1 amide bonds. The molecular formula is C16H22N4O5. The second kappa shape index (κ2) is 7.93. The fourth-order valence-corrected chi connectivity index (χ4v) is 2.73. The number of methoxy groups -OCH3 is 1. The first-order chi connectivity index (χ1) is 11.8. The summed E-state index contributed by atoms with van der Waals surface area (Å²) in [5.74, 6) is -0.557. The predicted molar refractivity (Wildman–Crippen MR) is 91.8 cm³/mol. The molecule has 1 aliphatic rings. The lowest BCUT2D eigenvalue weighted by molar-refractivity contribution is -0.384. The summed E-state index contributed by atoms with van der Waals surface area (Å²) in [6.07, 6.45) is 0. The van der Waals surface area contributed by atoms with Crippen molar-refractivity contribution in [1.82, 2.24) is 9.80 Å². The topological polar surface area (TPSA) is 96.2 Å². The largest absolute Gasteiger partial charge is 0.468 e. The molecule has 0 aromatic heterocycles. The SMILES string of the molecule is COC(=O)CN1CCN(C(=O)c2cc([N+](=O)[O-])ccc2N(C)C)CC1. The standard InChI is InChI=1S/C16H22N4O5/c1-17(2)14-5-4-12(20(23)24)10-13(14)16(22)19-8-6-18(7-9-19)11-15(21)25-3/h4-5,10H,6-9,11H2,1-3H3. The Kier molecular flexibility index (Phi) is 5.92. The van der Waals surface area contributed by atoms with Crippen molar-refractivity contribution >= 4 is 23.3 Å². The Labute approximate surface area is 145 Å². The summed E-state index contributed by atoms with van der Waals surface area (Å²) >= 11 is 0. The van der Waals surface area contributed by atoms with E-state index < -0.39 is 4.92 Å². The Bertz CT molecular complexity index is 668. The number of esters is 1. The highest BCUT2D eigenvalue weighted by atomic mass is 16.6. The molecule has 9 nitrogen and oxygen atoms in total. The lowest BCUT2D eigenvalue weighted by Gasteiger charge is -2.34. The van der Waals surface area contributed by atoms with E-state index in [1.165, 1.54) is 19.2 Å². The monoisotopic (exact) mass is 350 g/mol. The van der Waals surface area contributed by atoms with Crippen molar-refractivity contribution in [2.75, 3.05) is 58.8 Å². The molecule has 0 aliphatic carbocycles. The zero-order valence-electron chi connectivity index (χ0n) is 14.6. The second-order valence-corrected chi connectivity index (χ2v) is 6.00. The number of nitrogens with zero attached hydrogens (tertiary/aromatic N) is 4. The number of anilines is 1. The van der Waals surface area contributed by atoms with Gasteiger partial charge in [-0.2, -0.15) is 0 Å². The number of ether oxygens (including phenoxy) is 1. The van der Waals surface area contributed by atoms with E-state index in [0.29, 0.717) is 37.4 Å². The first-order valence-electron chi connectivity index (χ1n) is 7.87. The van der Waals surface area contributed by atoms with Crippen LogP contribution >= 0.6 is 0 Å². The van der Waals surface area contributed by atoms with Crippen LogP contribution in [0.4, 0.5) is 11.4 Å². The maximum Gasteiger partial charge on any atom is 0.319 e. The molecule has 1 aromatic rings. The van der Waals surface area contributed by atoms with E-state index in [1.807, 2.05) is 4.90 Å². The van der Waals surface area contributed by atoms with Gasteiger partial charge < -0.3 is 14.5 Å². The minimum atomic E-state index is -0.509. The van der Waals surface area contributed by atoms with Gasteiger partial charge in [0.25, 0.3) is 11.6 Å². The summed E-state index contributed by atoms with van der Waals surface area (Å²) in [7, 11) is 4.91. The number of hydrogen-bond acceptors (Lipinski definition) is 7. The summed E-state index contributed by atoms with van der Waals surface area (Å²) in [5, 5.41) is 11.0. The van der Waals surface area contributed by atoms with Crippen LogP contribution in [0.1, 0.15) is 10.4 Å². The van der Waals surface area contributed by atoms with Gasteiger partial charge in [-0.05, 0) is 6.07 Å². The maximum absolute atomic E-state index is 12.9. The minimum Gasteiger partial charge on any atom is -0.468 e. The van der Waals surface area contributed by atoms with Crippen LogP contribution in [0.5, 0.6) is 0 Å². The smallest absolute Gasteiger partial charge is 0.319 e. The molecule has 1 aromatic carbocycles. The number of carbonyl (C=O) groups excluding carboxylic acids is 2. The van der Waals surface area contributed by atoms with Crippen LogP contribution in [-0.2, 0) is 9.53 Å².